The van der Waals surface area contributed by atoms with Crippen LogP contribution in [0.15, 0.2) is 0 Å². The van der Waals surface area contributed by atoms with Gasteiger partial charge in [-0.05, 0) is 6.92 Å². The fourth-order valence-electron chi connectivity index (χ4n) is 0.457. The average Bonchev–Trinajstić information content (AvgIpc) is 1.87. The van der Waals surface area contributed by atoms with E-state index in [-0.39, 0.29) is 11.7 Å². The van der Waals surface area contributed by atoms with Gasteiger partial charge in [-0.1, -0.05) is 0 Å². The van der Waals surface area contributed by atoms with E-state index in [1.165, 1.54) is 0 Å². The number of hydrogen-bond donors (Lipinski definition) is 3. The van der Waals surface area contributed by atoms with Gasteiger partial charge in [-0.15, -0.1) is 12.6 Å². The number of thiol groups is 1. The molecule has 2 N–H and O–H groups in total. The Morgan fingerprint density at radius 2 is 2.43 bits per heavy atom. The van der Waals surface area contributed by atoms with Gasteiger partial charge in [-0.3, -0.25) is 10.2 Å². The van der Waals surface area contributed by atoms with E-state index in [9.17, 15) is 0 Å². The second-order valence-corrected chi connectivity index (χ2v) is 1.96. The highest BCUT2D eigenvalue weighted by Gasteiger charge is 2.14. The molecule has 3 nitrogen and oxygen atoms in total. The van der Waals surface area contributed by atoms with Gasteiger partial charge in [0.15, 0.2) is 0 Å². The monoisotopic (exact) mass is 120 g/mol. The summed E-state index contributed by atoms with van der Waals surface area (Å²) < 4.78 is 0. The Morgan fingerprint density at radius 3 is 2.57 bits per heavy atom. The lowest BCUT2D eigenvalue weighted by Gasteiger charge is -1.96. The minimum atomic E-state index is -0.00463. The van der Waals surface area contributed by atoms with Crippen molar-refractivity contribution >= 4 is 12.6 Å². The maximum absolute atomic E-state index is 4.83. The largest absolute Gasteiger partial charge is 0.281 e. The van der Waals surface area contributed by atoms with Gasteiger partial charge in [-0.2, -0.15) is 5.48 Å². The van der Waals surface area contributed by atoms with Crippen molar-refractivity contribution in [2.45, 2.75) is 18.6 Å². The van der Waals surface area contributed by atoms with Crippen molar-refractivity contribution in [3.05, 3.63) is 0 Å². The second-order valence-electron chi connectivity index (χ2n) is 1.45. The summed E-state index contributed by atoms with van der Waals surface area (Å²) in [7, 11) is 0. The lowest BCUT2D eigenvalue weighted by Crippen LogP contribution is -2.26. The minimum absolute atomic E-state index is 0.00463. The molecular weight excluding hydrogens is 112 g/mol. The Labute approximate surface area is 47.8 Å². The van der Waals surface area contributed by atoms with Crippen molar-refractivity contribution in [2.24, 2.45) is 0 Å². The molecule has 0 amide bonds. The highest BCUT2D eigenvalue weighted by atomic mass is 32.1. The molecule has 1 saturated heterocycles. The summed E-state index contributed by atoms with van der Waals surface area (Å²) in [6, 6.07) is 0. The smallest absolute Gasteiger partial charge is 0.128 e. The number of hydrogen-bond acceptors (Lipinski definition) is 4. The van der Waals surface area contributed by atoms with Crippen LogP contribution >= 0.6 is 12.6 Å². The van der Waals surface area contributed by atoms with Crippen LogP contribution in [0.3, 0.4) is 0 Å². The Hall–Kier alpha value is 0.230. The van der Waals surface area contributed by atoms with Gasteiger partial charge in [0.25, 0.3) is 0 Å². The van der Waals surface area contributed by atoms with Crippen LogP contribution in [0.1, 0.15) is 6.92 Å². The van der Waals surface area contributed by atoms with E-state index in [2.05, 4.69) is 23.4 Å². The fourth-order valence-corrected chi connectivity index (χ4v) is 0.728. The van der Waals surface area contributed by atoms with Crippen LogP contribution in [-0.4, -0.2) is 11.7 Å². The zero-order valence-corrected chi connectivity index (χ0v) is 4.90. The summed E-state index contributed by atoms with van der Waals surface area (Å²) in [5.41, 5.74) is 2.62. The van der Waals surface area contributed by atoms with Gasteiger partial charge < -0.3 is 0 Å². The molecule has 0 aromatic rings. The minimum Gasteiger partial charge on any atom is -0.281 e. The second kappa shape index (κ2) is 2.00. The molecule has 0 spiro atoms. The summed E-state index contributed by atoms with van der Waals surface area (Å²) >= 11 is 4.00. The first-order chi connectivity index (χ1) is 3.29. The third-order valence-electron chi connectivity index (χ3n) is 0.749. The Bertz CT molecular complexity index is 62.0. The van der Waals surface area contributed by atoms with E-state index in [0.29, 0.717) is 0 Å². The van der Waals surface area contributed by atoms with Crippen LogP contribution in [0, 0.1) is 0 Å². The standard InChI is InChI=1S/C3H8N2OS/c1-2-4-3(7)5-6-2/h2-5,7H,1H3. The molecule has 0 radical (unpaired) electrons. The molecule has 1 fully saturated rings. The van der Waals surface area contributed by atoms with Gasteiger partial charge in [-0.25, -0.2) is 0 Å². The normalized spacial score (nSPS) is 42.0. The Kier molecular flexibility index (Phi) is 1.53. The third kappa shape index (κ3) is 1.31. The summed E-state index contributed by atoms with van der Waals surface area (Å²) in [6.07, 6.45) is 0.0856. The highest BCUT2D eigenvalue weighted by molar-refractivity contribution is 7.80. The maximum Gasteiger partial charge on any atom is 0.128 e. The predicted molar refractivity (Wildman–Crippen MR) is 29.6 cm³/mol. The van der Waals surface area contributed by atoms with Crippen LogP contribution in [0.2, 0.25) is 0 Å². The fraction of sp³-hybridized carbons (Fsp3) is 1.00. The van der Waals surface area contributed by atoms with Crippen molar-refractivity contribution in [2.75, 3.05) is 0 Å². The Balaban J connectivity index is 2.26. The van der Waals surface area contributed by atoms with Gasteiger partial charge in [0.2, 0.25) is 0 Å². The van der Waals surface area contributed by atoms with E-state index >= 15 is 0 Å². The zero-order chi connectivity index (χ0) is 5.28. The van der Waals surface area contributed by atoms with Crippen molar-refractivity contribution in [3.63, 3.8) is 0 Å². The van der Waals surface area contributed by atoms with Crippen molar-refractivity contribution < 1.29 is 4.84 Å². The average molecular weight is 120 g/mol. The molecule has 0 saturated carbocycles. The molecule has 1 aliphatic heterocycles. The van der Waals surface area contributed by atoms with E-state index in [4.69, 9.17) is 4.84 Å². The third-order valence-corrected chi connectivity index (χ3v) is 1.00. The summed E-state index contributed by atoms with van der Waals surface area (Å²) in [6.45, 7) is 1.91. The molecular formula is C3H8N2OS. The summed E-state index contributed by atoms with van der Waals surface area (Å²) in [5.74, 6) is 0. The maximum atomic E-state index is 4.83. The SMILES string of the molecule is CC1NC(S)NO1. The highest BCUT2D eigenvalue weighted by Crippen LogP contribution is 1.96. The number of nitrogens with one attached hydrogen (secondary N) is 2. The van der Waals surface area contributed by atoms with Gasteiger partial charge >= 0.3 is 0 Å². The van der Waals surface area contributed by atoms with E-state index in [1.807, 2.05) is 6.92 Å². The molecule has 42 valence electrons. The van der Waals surface area contributed by atoms with Crippen LogP contribution in [-0.2, 0) is 4.84 Å². The quantitative estimate of drug-likeness (QED) is 0.383. The van der Waals surface area contributed by atoms with E-state index < -0.39 is 0 Å². The van der Waals surface area contributed by atoms with Crippen molar-refractivity contribution in [1.29, 1.82) is 0 Å². The van der Waals surface area contributed by atoms with Crippen molar-refractivity contribution in [3.8, 4) is 0 Å². The van der Waals surface area contributed by atoms with Crippen LogP contribution < -0.4 is 10.8 Å². The molecule has 0 bridgehead atoms. The van der Waals surface area contributed by atoms with Crippen LogP contribution in [0.25, 0.3) is 0 Å². The first kappa shape index (κ1) is 5.37. The zero-order valence-electron chi connectivity index (χ0n) is 4.01. The first-order valence-electron chi connectivity index (χ1n) is 2.14. The van der Waals surface area contributed by atoms with Crippen LogP contribution in [0.5, 0.6) is 0 Å². The molecule has 1 rings (SSSR count). The van der Waals surface area contributed by atoms with Crippen LogP contribution in [0.4, 0.5) is 0 Å². The molecule has 0 aromatic heterocycles. The first-order valence-corrected chi connectivity index (χ1v) is 2.66. The molecule has 0 aromatic carbocycles. The van der Waals surface area contributed by atoms with E-state index in [0.717, 1.165) is 0 Å². The lowest BCUT2D eigenvalue weighted by atomic mass is 10.7. The lowest BCUT2D eigenvalue weighted by molar-refractivity contribution is 0.0383. The van der Waals surface area contributed by atoms with Gasteiger partial charge in [0.05, 0.1) is 0 Å². The van der Waals surface area contributed by atoms with Gasteiger partial charge in [0.1, 0.15) is 11.7 Å². The number of hydroxylamine groups is 1. The molecule has 4 heteroatoms. The van der Waals surface area contributed by atoms with Crippen molar-refractivity contribution in [1.82, 2.24) is 10.8 Å². The van der Waals surface area contributed by atoms with Gasteiger partial charge in [0, 0.05) is 0 Å². The molecule has 2 atom stereocenters. The molecule has 1 heterocycles. The molecule has 0 aliphatic carbocycles. The van der Waals surface area contributed by atoms with E-state index in [1.54, 1.807) is 0 Å². The number of rotatable bonds is 0. The summed E-state index contributed by atoms with van der Waals surface area (Å²) in [5, 5.41) is 2.95. The topological polar surface area (TPSA) is 33.3 Å². The molecule has 2 unspecified atom stereocenters. The Morgan fingerprint density at radius 1 is 1.71 bits per heavy atom. The predicted octanol–water partition coefficient (Wildman–Crippen LogP) is -0.330. The summed E-state index contributed by atoms with van der Waals surface area (Å²) in [4.78, 5) is 4.83. The molecule has 1 aliphatic rings. The molecule has 7 heavy (non-hydrogen) atoms.